The van der Waals surface area contributed by atoms with Crippen LogP contribution < -0.4 is 4.90 Å². The molecule has 2 saturated heterocycles. The smallest absolute Gasteiger partial charge is 0.269 e. The second-order valence-corrected chi connectivity index (χ2v) is 11.1. The molecule has 0 unspecified atom stereocenters. The minimum absolute atomic E-state index is 0.163. The van der Waals surface area contributed by atoms with Crippen LogP contribution in [0, 0.1) is 28.9 Å². The van der Waals surface area contributed by atoms with Crippen molar-refractivity contribution in [3.8, 4) is 0 Å². The third-order valence-electron chi connectivity index (χ3n) is 7.88. The number of carbonyl (C=O) groups excluding carboxylic acids is 4. The zero-order chi connectivity index (χ0) is 29.0. The van der Waals surface area contributed by atoms with Crippen molar-refractivity contribution in [2.45, 2.75) is 19.0 Å². The Bertz CT molecular complexity index is 1700. The van der Waals surface area contributed by atoms with Crippen LogP contribution in [0.25, 0.3) is 0 Å². The van der Waals surface area contributed by atoms with Gasteiger partial charge in [-0.1, -0.05) is 64.5 Å². The second kappa shape index (κ2) is 10.0. The predicted molar refractivity (Wildman–Crippen MR) is 153 cm³/mol. The van der Waals surface area contributed by atoms with Gasteiger partial charge in [-0.3, -0.25) is 29.3 Å². The zero-order valence-corrected chi connectivity index (χ0v) is 23.2. The van der Waals surface area contributed by atoms with Crippen LogP contribution in [0.2, 0.25) is 0 Å². The summed E-state index contributed by atoms with van der Waals surface area (Å²) in [6.07, 6.45) is 4.91. The van der Waals surface area contributed by atoms with Gasteiger partial charge >= 0.3 is 0 Å². The Morgan fingerprint density at radius 2 is 1.59 bits per heavy atom. The lowest BCUT2D eigenvalue weighted by atomic mass is 9.85. The first kappa shape index (κ1) is 26.5. The van der Waals surface area contributed by atoms with Crippen molar-refractivity contribution in [2.24, 2.45) is 11.8 Å². The van der Waals surface area contributed by atoms with Gasteiger partial charge in [0.25, 0.3) is 5.69 Å². The first-order valence-corrected chi connectivity index (χ1v) is 13.7. The number of hydrogen-bond acceptors (Lipinski definition) is 7. The number of nitrogens with zero attached hydrogens (tertiary/aromatic N) is 3. The first-order valence-electron chi connectivity index (χ1n) is 12.9. The number of carbonyl (C=O) groups is 4. The lowest BCUT2D eigenvalue weighted by Gasteiger charge is -2.33. The highest BCUT2D eigenvalue weighted by Crippen LogP contribution is 2.47. The van der Waals surface area contributed by atoms with Gasteiger partial charge in [0.15, 0.2) is 11.6 Å². The molecule has 4 atom stereocenters. The predicted octanol–water partition coefficient (Wildman–Crippen LogP) is 5.04. The summed E-state index contributed by atoms with van der Waals surface area (Å²) in [5.74, 6) is -3.60. The van der Waals surface area contributed by atoms with E-state index < -0.39 is 40.7 Å². The SMILES string of the molecule is Cc1cc([N+](=O)[O-])ccc1N1C(=O)[C@@H]2[C@H](C1=O)[C@H](C(=O)c1ccc(Br)cc1)N1C=CC(C(=O)c3ccccc3)=C[C@@H]21. The number of nitro benzene ring substituents is 1. The van der Waals surface area contributed by atoms with Crippen LogP contribution in [0.3, 0.4) is 0 Å². The quantitative estimate of drug-likeness (QED) is 0.166. The van der Waals surface area contributed by atoms with Crippen molar-refractivity contribution in [3.05, 3.63) is 128 Å². The summed E-state index contributed by atoms with van der Waals surface area (Å²) in [7, 11) is 0. The van der Waals surface area contributed by atoms with Crippen LogP contribution in [0.1, 0.15) is 26.3 Å². The van der Waals surface area contributed by atoms with Gasteiger partial charge in [0.1, 0.15) is 6.04 Å². The molecule has 3 aliphatic heterocycles. The maximum absolute atomic E-state index is 14.0. The standard InChI is InChI=1S/C31H22BrN3O6/c1-17-15-22(35(40)41)11-12-23(17)34-30(38)25-24-16-20(28(36)18-5-3-2-4-6-18)13-14-33(24)27(26(25)31(34)39)29(37)19-7-9-21(32)10-8-19/h2-16,24-27H,1H3/t24-,25-,26-,27+/m0/s1. The Morgan fingerprint density at radius 3 is 2.24 bits per heavy atom. The van der Waals surface area contributed by atoms with E-state index in [0.717, 1.165) is 9.37 Å². The molecule has 41 heavy (non-hydrogen) atoms. The Morgan fingerprint density at radius 1 is 0.902 bits per heavy atom. The van der Waals surface area contributed by atoms with E-state index in [2.05, 4.69) is 15.9 Å². The van der Waals surface area contributed by atoms with Crippen molar-refractivity contribution < 1.29 is 24.1 Å². The molecular formula is C31H22BrN3O6. The molecule has 3 aromatic carbocycles. The fourth-order valence-corrected chi connectivity index (χ4v) is 6.24. The Balaban J connectivity index is 1.44. The fourth-order valence-electron chi connectivity index (χ4n) is 5.98. The molecule has 0 spiro atoms. The molecule has 0 aliphatic carbocycles. The highest BCUT2D eigenvalue weighted by atomic mass is 79.9. The molecule has 3 aromatic rings. The van der Waals surface area contributed by atoms with Crippen LogP contribution in [-0.2, 0) is 9.59 Å². The summed E-state index contributed by atoms with van der Waals surface area (Å²) in [6, 6.07) is 17.7. The van der Waals surface area contributed by atoms with Crippen LogP contribution >= 0.6 is 15.9 Å². The molecule has 2 fully saturated rings. The lowest BCUT2D eigenvalue weighted by Crippen LogP contribution is -2.46. The summed E-state index contributed by atoms with van der Waals surface area (Å²) in [5, 5.41) is 11.3. The van der Waals surface area contributed by atoms with Gasteiger partial charge < -0.3 is 4.90 Å². The largest absolute Gasteiger partial charge is 0.359 e. The summed E-state index contributed by atoms with van der Waals surface area (Å²) < 4.78 is 0.785. The normalized spacial score (nSPS) is 22.8. The van der Waals surface area contributed by atoms with Gasteiger partial charge in [0, 0.05) is 39.5 Å². The van der Waals surface area contributed by atoms with Gasteiger partial charge in [-0.15, -0.1) is 0 Å². The summed E-state index contributed by atoms with van der Waals surface area (Å²) in [6.45, 7) is 1.59. The minimum atomic E-state index is -1.02. The number of nitro groups is 1. The number of non-ortho nitro benzene ring substituents is 1. The van der Waals surface area contributed by atoms with E-state index in [1.54, 1.807) is 84.8 Å². The van der Waals surface area contributed by atoms with E-state index in [4.69, 9.17) is 0 Å². The number of amides is 2. The molecule has 0 radical (unpaired) electrons. The summed E-state index contributed by atoms with van der Waals surface area (Å²) >= 11 is 3.37. The maximum Gasteiger partial charge on any atom is 0.269 e. The van der Waals surface area contributed by atoms with Crippen molar-refractivity contribution >= 4 is 50.7 Å². The Kier molecular flexibility index (Phi) is 6.50. The first-order chi connectivity index (χ1) is 19.7. The molecule has 3 aliphatic rings. The molecule has 0 saturated carbocycles. The van der Waals surface area contributed by atoms with E-state index in [1.165, 1.54) is 18.2 Å². The molecule has 0 N–H and O–H groups in total. The van der Waals surface area contributed by atoms with Gasteiger partial charge in [-0.25, -0.2) is 4.90 Å². The molecule has 204 valence electrons. The monoisotopic (exact) mass is 611 g/mol. The fraction of sp³-hybridized carbons (Fsp3) is 0.161. The van der Waals surface area contributed by atoms with Crippen molar-refractivity contribution in [2.75, 3.05) is 4.90 Å². The number of fused-ring (bicyclic) bond motifs is 3. The van der Waals surface area contributed by atoms with E-state index in [9.17, 15) is 29.3 Å². The van der Waals surface area contributed by atoms with E-state index >= 15 is 0 Å². The number of Topliss-reactive ketones (excluding diaryl/α,β-unsaturated/α-hetero) is 2. The Labute approximate surface area is 243 Å². The number of anilines is 1. The third-order valence-corrected chi connectivity index (χ3v) is 8.40. The molecular weight excluding hydrogens is 590 g/mol. The van der Waals surface area contributed by atoms with Crippen molar-refractivity contribution in [1.29, 1.82) is 0 Å². The average molecular weight is 612 g/mol. The number of benzene rings is 3. The Hall–Kier alpha value is -4.70. The molecule has 0 aromatic heterocycles. The number of rotatable bonds is 6. The maximum atomic E-state index is 14.0. The molecule has 10 heteroatoms. The molecule has 9 nitrogen and oxygen atoms in total. The van der Waals surface area contributed by atoms with E-state index in [1.807, 2.05) is 0 Å². The summed E-state index contributed by atoms with van der Waals surface area (Å²) in [5.41, 5.74) is 1.67. The number of allylic oxidation sites excluding steroid dienone is 2. The number of hydrogen-bond donors (Lipinski definition) is 0. The number of ketones is 2. The van der Waals surface area contributed by atoms with Crippen LogP contribution in [-0.4, -0.2) is 45.3 Å². The number of imide groups is 1. The molecule has 3 heterocycles. The highest BCUT2D eigenvalue weighted by molar-refractivity contribution is 9.10. The van der Waals surface area contributed by atoms with Gasteiger partial charge in [-0.05, 0) is 36.8 Å². The van der Waals surface area contributed by atoms with Gasteiger partial charge in [0.2, 0.25) is 11.8 Å². The summed E-state index contributed by atoms with van der Waals surface area (Å²) in [4.78, 5) is 68.7. The number of halogens is 1. The van der Waals surface area contributed by atoms with Gasteiger partial charge in [0.05, 0.1) is 28.5 Å². The van der Waals surface area contributed by atoms with Crippen molar-refractivity contribution in [1.82, 2.24) is 4.90 Å². The zero-order valence-electron chi connectivity index (χ0n) is 21.6. The lowest BCUT2D eigenvalue weighted by molar-refractivity contribution is -0.384. The van der Waals surface area contributed by atoms with Crippen LogP contribution in [0.4, 0.5) is 11.4 Å². The number of aryl methyl sites for hydroxylation is 1. The van der Waals surface area contributed by atoms with Crippen molar-refractivity contribution in [3.63, 3.8) is 0 Å². The molecule has 0 bridgehead atoms. The average Bonchev–Trinajstić information content (AvgIpc) is 3.44. The van der Waals surface area contributed by atoms with Gasteiger partial charge in [-0.2, -0.15) is 0 Å². The van der Waals surface area contributed by atoms with E-state index in [0.29, 0.717) is 22.3 Å². The van der Waals surface area contributed by atoms with Crippen LogP contribution in [0.15, 0.2) is 101 Å². The topological polar surface area (TPSA) is 118 Å². The second-order valence-electron chi connectivity index (χ2n) is 10.2. The van der Waals surface area contributed by atoms with E-state index in [-0.39, 0.29) is 22.9 Å². The highest BCUT2D eigenvalue weighted by Gasteiger charge is 2.63. The minimum Gasteiger partial charge on any atom is -0.359 e. The molecule has 6 rings (SSSR count). The molecule has 2 amide bonds. The third kappa shape index (κ3) is 4.31. The van der Waals surface area contributed by atoms with Crippen LogP contribution in [0.5, 0.6) is 0 Å².